The summed E-state index contributed by atoms with van der Waals surface area (Å²) in [5.74, 6) is 0. The Labute approximate surface area is 100 Å². The Morgan fingerprint density at radius 1 is 1.50 bits per heavy atom. The van der Waals surface area contributed by atoms with Gasteiger partial charge in [-0.15, -0.1) is 11.3 Å². The first kappa shape index (κ1) is 11.5. The minimum Gasteiger partial charge on any atom is -0.335 e. The van der Waals surface area contributed by atoms with Crippen molar-refractivity contribution in [3.63, 3.8) is 0 Å². The molecule has 0 bridgehead atoms. The fraction of sp³-hybridized carbons (Fsp3) is 0.583. The summed E-state index contributed by atoms with van der Waals surface area (Å²) in [6.07, 6.45) is 2.25. The number of carbonyl (C=O) groups is 1. The SMILES string of the molecule is Cc1cc(C(C)NC(=O)NC2CC2)c(C)s1. The summed E-state index contributed by atoms with van der Waals surface area (Å²) < 4.78 is 0. The van der Waals surface area contributed by atoms with E-state index >= 15 is 0 Å². The van der Waals surface area contributed by atoms with Crippen LogP contribution < -0.4 is 10.6 Å². The van der Waals surface area contributed by atoms with E-state index in [1.165, 1.54) is 15.3 Å². The zero-order chi connectivity index (χ0) is 11.7. The smallest absolute Gasteiger partial charge is 0.315 e. The molecule has 0 aromatic carbocycles. The third kappa shape index (κ3) is 2.76. The van der Waals surface area contributed by atoms with Crippen molar-refractivity contribution >= 4 is 17.4 Å². The first-order chi connectivity index (χ1) is 7.56. The van der Waals surface area contributed by atoms with Gasteiger partial charge in [0.15, 0.2) is 0 Å². The standard InChI is InChI=1S/C12H18N2OS/c1-7-6-11(9(3)16-7)8(2)13-12(15)14-10-4-5-10/h6,8,10H,4-5H2,1-3H3,(H2,13,14,15). The van der Waals surface area contributed by atoms with Gasteiger partial charge in [0, 0.05) is 15.8 Å². The molecule has 0 radical (unpaired) electrons. The van der Waals surface area contributed by atoms with Crippen molar-refractivity contribution in [1.29, 1.82) is 0 Å². The Morgan fingerprint density at radius 3 is 2.69 bits per heavy atom. The van der Waals surface area contributed by atoms with Gasteiger partial charge < -0.3 is 10.6 Å². The number of nitrogens with one attached hydrogen (secondary N) is 2. The Kier molecular flexibility index (Phi) is 3.19. The van der Waals surface area contributed by atoms with E-state index in [0.29, 0.717) is 6.04 Å². The predicted octanol–water partition coefficient (Wildman–Crippen LogP) is 2.89. The summed E-state index contributed by atoms with van der Waals surface area (Å²) in [5, 5.41) is 5.91. The zero-order valence-corrected chi connectivity index (χ0v) is 10.8. The largest absolute Gasteiger partial charge is 0.335 e. The molecule has 2 N–H and O–H groups in total. The average Bonchev–Trinajstić information content (AvgIpc) is 2.90. The summed E-state index contributed by atoms with van der Waals surface area (Å²) in [6.45, 7) is 6.23. The van der Waals surface area contributed by atoms with Crippen LogP contribution in [0.25, 0.3) is 0 Å². The highest BCUT2D eigenvalue weighted by Crippen LogP contribution is 2.26. The summed E-state index contributed by atoms with van der Waals surface area (Å²) in [5.41, 5.74) is 1.23. The number of aryl methyl sites for hydroxylation is 2. The summed E-state index contributed by atoms with van der Waals surface area (Å²) in [4.78, 5) is 14.2. The van der Waals surface area contributed by atoms with Crippen LogP contribution in [0.2, 0.25) is 0 Å². The van der Waals surface area contributed by atoms with E-state index in [4.69, 9.17) is 0 Å². The second-order valence-corrected chi connectivity index (χ2v) is 5.94. The minimum absolute atomic E-state index is 0.0433. The minimum atomic E-state index is -0.0433. The third-order valence-electron chi connectivity index (χ3n) is 2.81. The predicted molar refractivity (Wildman–Crippen MR) is 66.9 cm³/mol. The third-order valence-corrected chi connectivity index (χ3v) is 3.79. The lowest BCUT2D eigenvalue weighted by atomic mass is 10.1. The highest BCUT2D eigenvalue weighted by atomic mass is 32.1. The van der Waals surface area contributed by atoms with Gasteiger partial charge >= 0.3 is 6.03 Å². The number of hydrogen-bond acceptors (Lipinski definition) is 2. The van der Waals surface area contributed by atoms with E-state index in [1.54, 1.807) is 11.3 Å². The van der Waals surface area contributed by atoms with Crippen molar-refractivity contribution in [3.8, 4) is 0 Å². The molecule has 2 rings (SSSR count). The number of rotatable bonds is 3. The lowest BCUT2D eigenvalue weighted by Gasteiger charge is -2.14. The molecule has 4 heteroatoms. The molecule has 0 saturated heterocycles. The van der Waals surface area contributed by atoms with Gasteiger partial charge in [0.1, 0.15) is 0 Å². The van der Waals surface area contributed by atoms with Crippen molar-refractivity contribution in [2.75, 3.05) is 0 Å². The first-order valence-corrected chi connectivity index (χ1v) is 6.52. The van der Waals surface area contributed by atoms with Gasteiger partial charge in [-0.1, -0.05) is 0 Å². The van der Waals surface area contributed by atoms with Crippen LogP contribution in [0.15, 0.2) is 6.07 Å². The van der Waals surface area contributed by atoms with Gasteiger partial charge in [-0.3, -0.25) is 0 Å². The Balaban J connectivity index is 1.93. The molecule has 1 aromatic rings. The van der Waals surface area contributed by atoms with Gasteiger partial charge in [0.05, 0.1) is 6.04 Å². The Hall–Kier alpha value is -1.03. The molecule has 1 fully saturated rings. The molecule has 3 nitrogen and oxygen atoms in total. The molecular weight excluding hydrogens is 220 g/mol. The van der Waals surface area contributed by atoms with Crippen molar-refractivity contribution in [3.05, 3.63) is 21.4 Å². The maximum absolute atomic E-state index is 11.6. The molecule has 1 unspecified atom stereocenters. The van der Waals surface area contributed by atoms with E-state index < -0.39 is 0 Å². The molecule has 1 aliphatic carbocycles. The highest BCUT2D eigenvalue weighted by Gasteiger charge is 2.24. The van der Waals surface area contributed by atoms with Crippen LogP contribution in [0.1, 0.15) is 41.1 Å². The number of hydrogen-bond donors (Lipinski definition) is 2. The molecule has 1 saturated carbocycles. The van der Waals surface area contributed by atoms with Crippen LogP contribution in [-0.2, 0) is 0 Å². The van der Waals surface area contributed by atoms with Gasteiger partial charge in [-0.2, -0.15) is 0 Å². The summed E-state index contributed by atoms with van der Waals surface area (Å²) in [7, 11) is 0. The van der Waals surface area contributed by atoms with E-state index in [9.17, 15) is 4.79 Å². The van der Waals surface area contributed by atoms with Gasteiger partial charge in [0.25, 0.3) is 0 Å². The average molecular weight is 238 g/mol. The molecule has 2 amide bonds. The maximum Gasteiger partial charge on any atom is 0.315 e. The number of carbonyl (C=O) groups excluding carboxylic acids is 1. The van der Waals surface area contributed by atoms with Crippen molar-refractivity contribution < 1.29 is 4.79 Å². The fourth-order valence-electron chi connectivity index (χ4n) is 1.81. The van der Waals surface area contributed by atoms with Crippen LogP contribution >= 0.6 is 11.3 Å². The molecule has 1 aliphatic rings. The van der Waals surface area contributed by atoms with Crippen molar-refractivity contribution in [2.45, 2.75) is 45.7 Å². The van der Waals surface area contributed by atoms with E-state index in [0.717, 1.165) is 12.8 Å². The summed E-state index contributed by atoms with van der Waals surface area (Å²) >= 11 is 1.78. The Morgan fingerprint density at radius 2 is 2.19 bits per heavy atom. The molecule has 0 spiro atoms. The highest BCUT2D eigenvalue weighted by molar-refractivity contribution is 7.12. The molecule has 88 valence electrons. The fourth-order valence-corrected chi connectivity index (χ4v) is 2.83. The molecular formula is C12H18N2OS. The first-order valence-electron chi connectivity index (χ1n) is 5.70. The van der Waals surface area contributed by atoms with Gasteiger partial charge in [-0.25, -0.2) is 4.79 Å². The number of amides is 2. The second-order valence-electron chi connectivity index (χ2n) is 4.48. The number of thiophene rings is 1. The van der Waals surface area contributed by atoms with Gasteiger partial charge in [0.2, 0.25) is 0 Å². The van der Waals surface area contributed by atoms with Gasteiger partial charge in [-0.05, 0) is 45.2 Å². The van der Waals surface area contributed by atoms with Crippen LogP contribution in [0.3, 0.4) is 0 Å². The van der Waals surface area contributed by atoms with Crippen LogP contribution in [-0.4, -0.2) is 12.1 Å². The molecule has 0 aliphatic heterocycles. The zero-order valence-electron chi connectivity index (χ0n) is 9.96. The second kappa shape index (κ2) is 4.45. The quantitative estimate of drug-likeness (QED) is 0.835. The summed E-state index contributed by atoms with van der Waals surface area (Å²) in [6, 6.07) is 2.61. The molecule has 1 heterocycles. The van der Waals surface area contributed by atoms with Crippen LogP contribution in [0.5, 0.6) is 0 Å². The number of urea groups is 1. The van der Waals surface area contributed by atoms with E-state index in [2.05, 4.69) is 30.5 Å². The van der Waals surface area contributed by atoms with Crippen molar-refractivity contribution in [1.82, 2.24) is 10.6 Å². The van der Waals surface area contributed by atoms with Crippen LogP contribution in [0.4, 0.5) is 4.79 Å². The monoisotopic (exact) mass is 238 g/mol. The van der Waals surface area contributed by atoms with E-state index in [-0.39, 0.29) is 12.1 Å². The topological polar surface area (TPSA) is 41.1 Å². The molecule has 1 atom stereocenters. The maximum atomic E-state index is 11.6. The lowest BCUT2D eigenvalue weighted by Crippen LogP contribution is -2.38. The normalized spacial score (nSPS) is 16.9. The molecule has 16 heavy (non-hydrogen) atoms. The van der Waals surface area contributed by atoms with Crippen molar-refractivity contribution in [2.24, 2.45) is 0 Å². The van der Waals surface area contributed by atoms with E-state index in [1.807, 2.05) is 6.92 Å². The molecule has 1 aromatic heterocycles. The lowest BCUT2D eigenvalue weighted by molar-refractivity contribution is 0.237. The Bertz CT molecular complexity index is 396. The van der Waals surface area contributed by atoms with Crippen LogP contribution in [0, 0.1) is 13.8 Å².